The minimum Gasteiger partial charge on any atom is -0.485 e. The standard InChI is InChI=1S/C12H11N3O3/c13-10-5-11(16)15-12(14-10)9-6-17-7-3-1-2-4-8(7)18-9/h1-5,9H,6H2,(H3,13,14,15,16). The third-order valence-corrected chi connectivity index (χ3v) is 2.59. The summed E-state index contributed by atoms with van der Waals surface area (Å²) in [5, 5.41) is 0. The van der Waals surface area contributed by atoms with Crippen molar-refractivity contribution in [2.75, 3.05) is 12.3 Å². The fourth-order valence-corrected chi connectivity index (χ4v) is 1.80. The van der Waals surface area contributed by atoms with E-state index in [1.54, 1.807) is 6.07 Å². The van der Waals surface area contributed by atoms with Crippen LogP contribution in [-0.2, 0) is 0 Å². The number of para-hydroxylation sites is 2. The average Bonchev–Trinajstić information content (AvgIpc) is 2.37. The number of nitrogen functional groups attached to an aromatic ring is 1. The first-order chi connectivity index (χ1) is 8.72. The SMILES string of the molecule is Nc1cc(=O)[nH]c(C2COc3ccccc3O2)n1. The highest BCUT2D eigenvalue weighted by Crippen LogP contribution is 2.34. The third kappa shape index (κ3) is 1.88. The van der Waals surface area contributed by atoms with Gasteiger partial charge < -0.3 is 20.2 Å². The van der Waals surface area contributed by atoms with Crippen LogP contribution in [0.2, 0.25) is 0 Å². The van der Waals surface area contributed by atoms with Crippen molar-refractivity contribution in [3.05, 3.63) is 46.5 Å². The topological polar surface area (TPSA) is 90.2 Å². The lowest BCUT2D eigenvalue weighted by Gasteiger charge is -2.25. The van der Waals surface area contributed by atoms with Gasteiger partial charge in [-0.2, -0.15) is 0 Å². The first-order valence-electron chi connectivity index (χ1n) is 5.47. The van der Waals surface area contributed by atoms with Crippen molar-refractivity contribution in [1.29, 1.82) is 0 Å². The number of aromatic amines is 1. The molecule has 1 aliphatic heterocycles. The third-order valence-electron chi connectivity index (χ3n) is 2.59. The van der Waals surface area contributed by atoms with E-state index in [1.165, 1.54) is 6.07 Å². The van der Waals surface area contributed by atoms with Gasteiger partial charge in [-0.3, -0.25) is 4.79 Å². The number of nitrogens with two attached hydrogens (primary N) is 1. The van der Waals surface area contributed by atoms with E-state index in [0.29, 0.717) is 17.3 Å². The number of nitrogens with one attached hydrogen (secondary N) is 1. The number of ether oxygens (including phenoxy) is 2. The van der Waals surface area contributed by atoms with E-state index in [4.69, 9.17) is 15.2 Å². The lowest BCUT2D eigenvalue weighted by molar-refractivity contribution is 0.0850. The van der Waals surface area contributed by atoms with E-state index < -0.39 is 6.10 Å². The molecule has 1 atom stereocenters. The molecule has 0 aliphatic carbocycles. The molecule has 3 N–H and O–H groups in total. The van der Waals surface area contributed by atoms with Gasteiger partial charge in [-0.1, -0.05) is 12.1 Å². The Morgan fingerprint density at radius 1 is 1.33 bits per heavy atom. The fraction of sp³-hybridized carbons (Fsp3) is 0.167. The fourth-order valence-electron chi connectivity index (χ4n) is 1.80. The molecule has 0 fully saturated rings. The van der Waals surface area contributed by atoms with Gasteiger partial charge in [-0.05, 0) is 12.1 Å². The Bertz CT molecular complexity index is 638. The molecule has 0 bridgehead atoms. The summed E-state index contributed by atoms with van der Waals surface area (Å²) < 4.78 is 11.3. The van der Waals surface area contributed by atoms with E-state index >= 15 is 0 Å². The highest BCUT2D eigenvalue weighted by atomic mass is 16.6. The van der Waals surface area contributed by atoms with Gasteiger partial charge in [0.05, 0.1) is 0 Å². The highest BCUT2D eigenvalue weighted by Gasteiger charge is 2.24. The minimum absolute atomic E-state index is 0.163. The van der Waals surface area contributed by atoms with Gasteiger partial charge in [0.15, 0.2) is 23.4 Å². The zero-order valence-electron chi connectivity index (χ0n) is 9.42. The largest absolute Gasteiger partial charge is 0.485 e. The average molecular weight is 245 g/mol. The van der Waals surface area contributed by atoms with Crippen molar-refractivity contribution in [1.82, 2.24) is 9.97 Å². The summed E-state index contributed by atoms with van der Waals surface area (Å²) in [4.78, 5) is 18.0. The monoisotopic (exact) mass is 245 g/mol. The van der Waals surface area contributed by atoms with Gasteiger partial charge in [-0.15, -0.1) is 0 Å². The predicted molar refractivity (Wildman–Crippen MR) is 64.6 cm³/mol. The number of fused-ring (bicyclic) bond motifs is 1. The maximum absolute atomic E-state index is 11.3. The molecule has 92 valence electrons. The lowest BCUT2D eigenvalue weighted by atomic mass is 10.2. The van der Waals surface area contributed by atoms with Gasteiger partial charge in [0.25, 0.3) is 5.56 Å². The molecule has 0 radical (unpaired) electrons. The smallest absolute Gasteiger partial charge is 0.253 e. The Morgan fingerprint density at radius 2 is 2.11 bits per heavy atom. The van der Waals surface area contributed by atoms with Crippen LogP contribution in [-0.4, -0.2) is 16.6 Å². The van der Waals surface area contributed by atoms with Gasteiger partial charge in [0, 0.05) is 6.07 Å². The summed E-state index contributed by atoms with van der Waals surface area (Å²) in [7, 11) is 0. The molecule has 1 unspecified atom stereocenters. The first kappa shape index (κ1) is 10.6. The molecular formula is C12H11N3O3. The number of H-pyrrole nitrogens is 1. The Morgan fingerprint density at radius 3 is 2.89 bits per heavy atom. The molecule has 6 nitrogen and oxygen atoms in total. The van der Waals surface area contributed by atoms with Crippen LogP contribution in [0, 0.1) is 0 Å². The zero-order chi connectivity index (χ0) is 12.5. The van der Waals surface area contributed by atoms with E-state index in [0.717, 1.165) is 0 Å². The number of hydrogen-bond donors (Lipinski definition) is 2. The maximum atomic E-state index is 11.3. The van der Waals surface area contributed by atoms with E-state index in [2.05, 4.69) is 9.97 Å². The summed E-state index contributed by atoms with van der Waals surface area (Å²) in [5.41, 5.74) is 5.23. The van der Waals surface area contributed by atoms with Crippen LogP contribution in [0.1, 0.15) is 11.9 Å². The molecule has 0 spiro atoms. The summed E-state index contributed by atoms with van der Waals surface area (Å²) >= 11 is 0. The highest BCUT2D eigenvalue weighted by molar-refractivity contribution is 5.41. The summed E-state index contributed by atoms with van der Waals surface area (Å²) in [6.07, 6.45) is -0.462. The Hall–Kier alpha value is -2.50. The van der Waals surface area contributed by atoms with Gasteiger partial charge in [0.2, 0.25) is 0 Å². The van der Waals surface area contributed by atoms with Crippen LogP contribution in [0.4, 0.5) is 5.82 Å². The summed E-state index contributed by atoms with van der Waals surface area (Å²) in [6.45, 7) is 0.281. The second kappa shape index (κ2) is 4.06. The van der Waals surface area contributed by atoms with Gasteiger partial charge in [-0.25, -0.2) is 4.98 Å². The molecule has 3 rings (SSSR count). The molecular weight excluding hydrogens is 234 g/mol. The van der Waals surface area contributed by atoms with Crippen molar-refractivity contribution in [2.45, 2.75) is 6.10 Å². The first-order valence-corrected chi connectivity index (χ1v) is 5.47. The van der Waals surface area contributed by atoms with Gasteiger partial charge >= 0.3 is 0 Å². The van der Waals surface area contributed by atoms with Crippen molar-refractivity contribution in [2.24, 2.45) is 0 Å². The molecule has 0 amide bonds. The molecule has 18 heavy (non-hydrogen) atoms. The van der Waals surface area contributed by atoms with Crippen molar-refractivity contribution in [3.8, 4) is 11.5 Å². The van der Waals surface area contributed by atoms with Crippen LogP contribution in [0.25, 0.3) is 0 Å². The van der Waals surface area contributed by atoms with E-state index in [9.17, 15) is 4.79 Å². The van der Waals surface area contributed by atoms with Crippen LogP contribution in [0.15, 0.2) is 35.1 Å². The molecule has 1 aliphatic rings. The van der Waals surface area contributed by atoms with Gasteiger partial charge in [0.1, 0.15) is 12.4 Å². The normalized spacial score (nSPS) is 17.4. The minimum atomic E-state index is -0.462. The van der Waals surface area contributed by atoms with E-state index in [-0.39, 0.29) is 18.0 Å². The molecule has 1 aromatic heterocycles. The number of anilines is 1. The van der Waals surface area contributed by atoms with Crippen molar-refractivity contribution in [3.63, 3.8) is 0 Å². The maximum Gasteiger partial charge on any atom is 0.253 e. The lowest BCUT2D eigenvalue weighted by Crippen LogP contribution is -2.26. The second-order valence-corrected chi connectivity index (χ2v) is 3.92. The molecule has 1 aromatic carbocycles. The molecule has 2 aromatic rings. The number of rotatable bonds is 1. The molecule has 0 saturated heterocycles. The number of hydrogen-bond acceptors (Lipinski definition) is 5. The quantitative estimate of drug-likeness (QED) is 0.777. The van der Waals surface area contributed by atoms with E-state index in [1.807, 2.05) is 18.2 Å². The Balaban J connectivity index is 1.94. The number of aromatic nitrogens is 2. The summed E-state index contributed by atoms with van der Waals surface area (Å²) in [5.74, 6) is 1.84. The Kier molecular flexibility index (Phi) is 2.40. The zero-order valence-corrected chi connectivity index (χ0v) is 9.42. The van der Waals surface area contributed by atoms with Crippen LogP contribution < -0.4 is 20.8 Å². The van der Waals surface area contributed by atoms with Crippen LogP contribution in [0.3, 0.4) is 0 Å². The Labute approximate surface area is 102 Å². The number of benzene rings is 1. The van der Waals surface area contributed by atoms with Crippen LogP contribution in [0.5, 0.6) is 11.5 Å². The molecule has 6 heteroatoms. The van der Waals surface area contributed by atoms with Crippen molar-refractivity contribution >= 4 is 5.82 Å². The molecule has 2 heterocycles. The van der Waals surface area contributed by atoms with Crippen LogP contribution >= 0.6 is 0 Å². The predicted octanol–water partition coefficient (Wildman–Crippen LogP) is 0.865. The number of nitrogens with zero attached hydrogens (tertiary/aromatic N) is 1. The van der Waals surface area contributed by atoms with Crippen molar-refractivity contribution < 1.29 is 9.47 Å². The summed E-state index contributed by atoms with van der Waals surface area (Å²) in [6, 6.07) is 8.55. The molecule has 0 saturated carbocycles. The second-order valence-electron chi connectivity index (χ2n) is 3.92.